The molecule has 2 aliphatic heterocycles. The molecule has 11 atom stereocenters. The molecule has 2 aromatic rings. The molecule has 2 aromatic heterocycles. The Morgan fingerprint density at radius 1 is 1.07 bits per heavy atom. The number of aromatic nitrogens is 4. The van der Waals surface area contributed by atoms with E-state index < -0.39 is 85.4 Å². The van der Waals surface area contributed by atoms with Crippen LogP contribution in [0.1, 0.15) is 46.3 Å². The summed E-state index contributed by atoms with van der Waals surface area (Å²) in [7, 11) is 0. The highest BCUT2D eigenvalue weighted by atomic mass is 16.7. The highest BCUT2D eigenvalue weighted by molar-refractivity contribution is 5.97. The van der Waals surface area contributed by atoms with E-state index in [1.54, 1.807) is 13.8 Å². The van der Waals surface area contributed by atoms with Crippen LogP contribution < -0.4 is 10.6 Å². The Morgan fingerprint density at radius 3 is 2.51 bits per heavy atom. The Bertz CT molecular complexity index is 1350. The summed E-state index contributed by atoms with van der Waals surface area (Å²) < 4.78 is 23.0. The number of fused-ring (bicyclic) bond motifs is 1. The topological polar surface area (TPSA) is 277 Å². The van der Waals surface area contributed by atoms with Crippen molar-refractivity contribution in [1.29, 1.82) is 0 Å². The van der Waals surface area contributed by atoms with E-state index in [0.717, 1.165) is 6.33 Å². The molecule has 4 heterocycles. The molecule has 0 aliphatic carbocycles. The number of nitrogens with zero attached hydrogens (tertiary/aromatic N) is 4. The molecular formula is C26H38N6O13. The fourth-order valence-corrected chi connectivity index (χ4v) is 4.85. The first-order chi connectivity index (χ1) is 21.3. The molecule has 0 spiro atoms. The summed E-state index contributed by atoms with van der Waals surface area (Å²) in [6.07, 6.45) is -8.32. The second-order valence-electron chi connectivity index (χ2n) is 11.0. The van der Waals surface area contributed by atoms with Crippen molar-refractivity contribution in [2.45, 2.75) is 107 Å². The maximum atomic E-state index is 12.8. The van der Waals surface area contributed by atoms with Crippen LogP contribution in [0.4, 0.5) is 10.6 Å². The molecule has 0 aromatic carbocycles. The number of carbonyl (C=O) groups excluding carboxylic acids is 2. The number of rotatable bonds is 11. The second kappa shape index (κ2) is 14.7. The molecular weight excluding hydrogens is 604 g/mol. The Kier molecular flexibility index (Phi) is 11.2. The lowest BCUT2D eigenvalue weighted by atomic mass is 10.0. The van der Waals surface area contributed by atoms with Crippen molar-refractivity contribution in [3.8, 4) is 0 Å². The first-order valence-corrected chi connectivity index (χ1v) is 14.3. The largest absolute Gasteiger partial charge is 0.480 e. The van der Waals surface area contributed by atoms with Gasteiger partial charge >= 0.3 is 18.0 Å². The fraction of sp³-hybridized carbons (Fsp3) is 0.692. The van der Waals surface area contributed by atoms with Gasteiger partial charge in [0, 0.05) is 12.8 Å². The van der Waals surface area contributed by atoms with Gasteiger partial charge in [-0.3, -0.25) is 14.7 Å². The number of carbonyl (C=O) groups is 3. The summed E-state index contributed by atoms with van der Waals surface area (Å²) in [6.45, 7) is 4.32. The predicted octanol–water partition coefficient (Wildman–Crippen LogP) is -2.01. The van der Waals surface area contributed by atoms with Crippen molar-refractivity contribution in [3.63, 3.8) is 0 Å². The highest BCUT2D eigenvalue weighted by Crippen LogP contribution is 2.28. The van der Waals surface area contributed by atoms with E-state index in [0.29, 0.717) is 0 Å². The van der Waals surface area contributed by atoms with Crippen LogP contribution in [0.15, 0.2) is 12.7 Å². The zero-order valence-electron chi connectivity index (χ0n) is 24.7. The van der Waals surface area contributed by atoms with Gasteiger partial charge in [-0.15, -0.1) is 0 Å². The summed E-state index contributed by atoms with van der Waals surface area (Å²) in [4.78, 5) is 49.3. The van der Waals surface area contributed by atoms with Gasteiger partial charge in [-0.25, -0.2) is 24.5 Å². The Labute approximate surface area is 256 Å². The van der Waals surface area contributed by atoms with Crippen molar-refractivity contribution in [2.24, 2.45) is 0 Å². The van der Waals surface area contributed by atoms with Crippen LogP contribution >= 0.6 is 0 Å². The standard InChI is InChI=1S/C26H38N6O13/c1-10(43-25-14(34)6-13(33)11(2)45-25)4-5-16(36)44-12(3)17(24(39)40)30-26(41)31-21-18-22(28-8-27-21)32(9-29-18)23-20(38)19(37)15(35)7-42-23/h8-15,17,19-20,23,25,33-35,37-38H,4-7H2,1-3H3,(H,39,40)(H2,27,28,30,31,41)/t10-,11+,12+,13-,14+,15+,17-,19-,20+,23+,25-/m0/s1. The number of amides is 2. The lowest BCUT2D eigenvalue weighted by Crippen LogP contribution is -2.50. The van der Waals surface area contributed by atoms with E-state index in [1.807, 2.05) is 0 Å². The number of nitrogens with one attached hydrogen (secondary N) is 2. The lowest BCUT2D eigenvalue weighted by Gasteiger charge is -2.36. The number of anilines is 1. The van der Waals surface area contributed by atoms with Crippen molar-refractivity contribution in [3.05, 3.63) is 12.7 Å². The molecule has 250 valence electrons. The Balaban J connectivity index is 1.31. The SMILES string of the molecule is C[C@@H](CCC(=O)O[C@H](C)[C@H](NC(=O)Nc1ncnc2c1ncn2[C@@H]1OC[C@@H](O)[C@H](O)[C@H]1O)C(=O)O)O[C@H]1O[C@H](C)[C@@H](O)C[C@H]1O. The summed E-state index contributed by atoms with van der Waals surface area (Å²) in [5.74, 6) is -2.36. The average molecular weight is 643 g/mol. The van der Waals surface area contributed by atoms with E-state index in [-0.39, 0.29) is 42.9 Å². The molecule has 0 unspecified atom stereocenters. The van der Waals surface area contributed by atoms with Crippen molar-refractivity contribution in [1.82, 2.24) is 24.8 Å². The van der Waals surface area contributed by atoms with Crippen molar-refractivity contribution >= 4 is 35.0 Å². The normalized spacial score (nSPS) is 30.7. The first-order valence-electron chi connectivity index (χ1n) is 14.3. The minimum Gasteiger partial charge on any atom is -0.480 e. The average Bonchev–Trinajstić information content (AvgIpc) is 3.41. The van der Waals surface area contributed by atoms with E-state index in [1.165, 1.54) is 17.8 Å². The van der Waals surface area contributed by atoms with Gasteiger partial charge in [-0.2, -0.15) is 0 Å². The molecule has 0 radical (unpaired) electrons. The number of aliphatic hydroxyl groups excluding tert-OH is 5. The van der Waals surface area contributed by atoms with Crippen LogP contribution in [-0.4, -0.2) is 136 Å². The first kappa shape index (κ1) is 34.3. The van der Waals surface area contributed by atoms with Crippen LogP contribution in [0.25, 0.3) is 11.2 Å². The van der Waals surface area contributed by atoms with Gasteiger partial charge in [-0.05, 0) is 27.2 Å². The molecule has 2 fully saturated rings. The molecule has 19 nitrogen and oxygen atoms in total. The Morgan fingerprint density at radius 2 is 1.80 bits per heavy atom. The van der Waals surface area contributed by atoms with Gasteiger partial charge in [0.2, 0.25) is 0 Å². The zero-order chi connectivity index (χ0) is 33.0. The highest BCUT2D eigenvalue weighted by Gasteiger charge is 2.40. The number of esters is 1. The third-order valence-electron chi connectivity index (χ3n) is 7.49. The van der Waals surface area contributed by atoms with Gasteiger partial charge < -0.3 is 54.9 Å². The smallest absolute Gasteiger partial charge is 0.330 e. The quantitative estimate of drug-likeness (QED) is 0.123. The molecule has 0 saturated carbocycles. The molecule has 4 rings (SSSR count). The number of carboxylic acid groups (broad SMARTS) is 1. The third-order valence-corrected chi connectivity index (χ3v) is 7.49. The van der Waals surface area contributed by atoms with Crippen LogP contribution in [-0.2, 0) is 28.5 Å². The Hall–Kier alpha value is -3.56. The molecule has 45 heavy (non-hydrogen) atoms. The maximum Gasteiger partial charge on any atom is 0.330 e. The van der Waals surface area contributed by atoms with Crippen molar-refractivity contribution < 1.29 is 64.0 Å². The number of imidazole rings is 1. The minimum absolute atomic E-state index is 0.0449. The molecule has 2 amide bonds. The van der Waals surface area contributed by atoms with E-state index in [2.05, 4.69) is 25.6 Å². The van der Waals surface area contributed by atoms with Crippen LogP contribution in [0, 0.1) is 0 Å². The summed E-state index contributed by atoms with van der Waals surface area (Å²) in [5.41, 5.74) is 0.142. The molecule has 2 aliphatic rings. The number of hydrogen-bond donors (Lipinski definition) is 8. The second-order valence-corrected chi connectivity index (χ2v) is 11.0. The van der Waals surface area contributed by atoms with Gasteiger partial charge in [0.1, 0.15) is 36.8 Å². The minimum atomic E-state index is -1.66. The maximum absolute atomic E-state index is 12.8. The number of carboxylic acids is 1. The van der Waals surface area contributed by atoms with Gasteiger partial charge in [-0.1, -0.05) is 0 Å². The van der Waals surface area contributed by atoms with Crippen LogP contribution in [0.2, 0.25) is 0 Å². The van der Waals surface area contributed by atoms with Gasteiger partial charge in [0.25, 0.3) is 0 Å². The van der Waals surface area contributed by atoms with Gasteiger partial charge in [0.15, 0.2) is 35.5 Å². The number of ether oxygens (including phenoxy) is 4. The van der Waals surface area contributed by atoms with E-state index in [9.17, 15) is 45.0 Å². The molecule has 19 heteroatoms. The molecule has 2 saturated heterocycles. The monoisotopic (exact) mass is 642 g/mol. The van der Waals surface area contributed by atoms with Gasteiger partial charge in [0.05, 0.1) is 31.2 Å². The van der Waals surface area contributed by atoms with E-state index >= 15 is 0 Å². The number of hydrogen-bond acceptors (Lipinski definition) is 15. The summed E-state index contributed by atoms with van der Waals surface area (Å²) >= 11 is 0. The lowest BCUT2D eigenvalue weighted by molar-refractivity contribution is -0.273. The molecule has 0 bridgehead atoms. The molecule has 8 N–H and O–H groups in total. The van der Waals surface area contributed by atoms with Crippen molar-refractivity contribution in [2.75, 3.05) is 11.9 Å². The third kappa shape index (κ3) is 8.19. The number of aliphatic carboxylic acids is 1. The summed E-state index contributed by atoms with van der Waals surface area (Å²) in [5, 5.41) is 64.2. The van der Waals surface area contributed by atoms with Crippen LogP contribution in [0.5, 0.6) is 0 Å². The van der Waals surface area contributed by atoms with E-state index in [4.69, 9.17) is 18.9 Å². The van der Waals surface area contributed by atoms with Crippen LogP contribution in [0.3, 0.4) is 0 Å². The zero-order valence-corrected chi connectivity index (χ0v) is 24.7. The summed E-state index contributed by atoms with van der Waals surface area (Å²) in [6, 6.07) is -2.67. The predicted molar refractivity (Wildman–Crippen MR) is 148 cm³/mol. The number of aliphatic hydroxyl groups is 5. The number of urea groups is 1. The fourth-order valence-electron chi connectivity index (χ4n) is 4.85.